The quantitative estimate of drug-likeness (QED) is 0.888. The molecule has 0 aliphatic heterocycles. The van der Waals surface area contributed by atoms with E-state index in [1.807, 2.05) is 12.1 Å². The molecule has 0 heterocycles. The fourth-order valence-corrected chi connectivity index (χ4v) is 3.00. The maximum Gasteiger partial charge on any atom is 0.265 e. The monoisotopic (exact) mass is 329 g/mol. The van der Waals surface area contributed by atoms with Gasteiger partial charge in [0, 0.05) is 10.7 Å². The van der Waals surface area contributed by atoms with Crippen molar-refractivity contribution in [3.05, 3.63) is 58.6 Å². The highest BCUT2D eigenvalue weighted by Gasteiger charge is 2.19. The van der Waals surface area contributed by atoms with Crippen LogP contribution in [0.3, 0.4) is 0 Å². The normalized spacial score (nSPS) is 14.7. The fourth-order valence-electron chi connectivity index (χ4n) is 2.88. The van der Waals surface area contributed by atoms with Crippen LogP contribution in [0, 0.1) is 0 Å². The van der Waals surface area contributed by atoms with Crippen molar-refractivity contribution in [2.24, 2.45) is 0 Å². The van der Waals surface area contributed by atoms with Crippen molar-refractivity contribution >= 4 is 23.2 Å². The van der Waals surface area contributed by atoms with Crippen molar-refractivity contribution in [1.29, 1.82) is 0 Å². The largest absolute Gasteiger partial charge is 0.481 e. The van der Waals surface area contributed by atoms with Crippen molar-refractivity contribution in [1.82, 2.24) is 0 Å². The summed E-state index contributed by atoms with van der Waals surface area (Å²) in [5.74, 6) is 0.668. The molecule has 0 radical (unpaired) electrons. The summed E-state index contributed by atoms with van der Waals surface area (Å²) in [7, 11) is 0. The predicted octanol–water partition coefficient (Wildman–Crippen LogP) is 4.62. The number of nitrogens with one attached hydrogen (secondary N) is 1. The van der Waals surface area contributed by atoms with Gasteiger partial charge < -0.3 is 10.1 Å². The molecule has 1 unspecified atom stereocenters. The minimum absolute atomic E-state index is 0.166. The van der Waals surface area contributed by atoms with Crippen LogP contribution in [0.1, 0.15) is 30.9 Å². The van der Waals surface area contributed by atoms with E-state index >= 15 is 0 Å². The summed E-state index contributed by atoms with van der Waals surface area (Å²) in [5.41, 5.74) is 3.31. The van der Waals surface area contributed by atoms with Gasteiger partial charge >= 0.3 is 0 Å². The number of hydrogen-bond acceptors (Lipinski definition) is 2. The number of aryl methyl sites for hydroxylation is 1. The molecule has 0 spiro atoms. The maximum absolute atomic E-state index is 12.3. The minimum atomic E-state index is -0.556. The van der Waals surface area contributed by atoms with E-state index < -0.39 is 6.10 Å². The van der Waals surface area contributed by atoms with Gasteiger partial charge in [0.15, 0.2) is 6.10 Å². The second-order valence-corrected chi connectivity index (χ2v) is 6.29. The number of halogens is 1. The molecule has 1 aliphatic carbocycles. The molecule has 0 aromatic heterocycles. The van der Waals surface area contributed by atoms with Crippen LogP contribution in [0.4, 0.5) is 5.69 Å². The van der Waals surface area contributed by atoms with Gasteiger partial charge in [0.25, 0.3) is 5.91 Å². The second-order valence-electron chi connectivity index (χ2n) is 5.86. The molecule has 2 aromatic carbocycles. The van der Waals surface area contributed by atoms with E-state index in [9.17, 15) is 4.79 Å². The molecule has 2 aromatic rings. The number of carbonyl (C=O) groups excluding carboxylic acids is 1. The average Bonchev–Trinajstić information content (AvgIpc) is 2.57. The highest BCUT2D eigenvalue weighted by Crippen LogP contribution is 2.30. The number of hydrogen-bond donors (Lipinski definition) is 1. The molecule has 1 atom stereocenters. The molecule has 1 aliphatic rings. The molecular weight excluding hydrogens is 310 g/mol. The third-order valence-electron chi connectivity index (χ3n) is 4.14. The zero-order valence-electron chi connectivity index (χ0n) is 13.1. The molecule has 3 rings (SSSR count). The summed E-state index contributed by atoms with van der Waals surface area (Å²) < 4.78 is 5.93. The van der Waals surface area contributed by atoms with E-state index in [1.54, 1.807) is 31.2 Å². The Bertz CT molecular complexity index is 697. The highest BCUT2D eigenvalue weighted by molar-refractivity contribution is 6.30. The lowest BCUT2D eigenvalue weighted by atomic mass is 9.91. The van der Waals surface area contributed by atoms with Crippen molar-refractivity contribution < 1.29 is 9.53 Å². The molecule has 0 fully saturated rings. The van der Waals surface area contributed by atoms with Crippen LogP contribution < -0.4 is 10.1 Å². The van der Waals surface area contributed by atoms with Gasteiger partial charge in [0.2, 0.25) is 0 Å². The van der Waals surface area contributed by atoms with Crippen molar-refractivity contribution in [2.75, 3.05) is 5.32 Å². The smallest absolute Gasteiger partial charge is 0.265 e. The van der Waals surface area contributed by atoms with E-state index in [0.717, 1.165) is 18.6 Å². The molecular formula is C19H20ClNO2. The number of amides is 1. The van der Waals surface area contributed by atoms with Crippen LogP contribution in [-0.2, 0) is 17.6 Å². The summed E-state index contributed by atoms with van der Waals surface area (Å²) in [6.45, 7) is 1.77. The van der Waals surface area contributed by atoms with E-state index in [2.05, 4.69) is 11.4 Å². The second kappa shape index (κ2) is 7.05. The van der Waals surface area contributed by atoms with Crippen molar-refractivity contribution in [2.45, 2.75) is 38.7 Å². The Morgan fingerprint density at radius 2 is 1.87 bits per heavy atom. The summed E-state index contributed by atoms with van der Waals surface area (Å²) in [5, 5.41) is 3.49. The number of fused-ring (bicyclic) bond motifs is 1. The van der Waals surface area contributed by atoms with Crippen LogP contribution in [0.15, 0.2) is 42.5 Å². The van der Waals surface area contributed by atoms with Gasteiger partial charge in [-0.05, 0) is 74.1 Å². The Kier molecular flexibility index (Phi) is 4.87. The Hall–Kier alpha value is -2.00. The lowest BCUT2D eigenvalue weighted by Gasteiger charge is -2.22. The zero-order valence-corrected chi connectivity index (χ0v) is 13.9. The summed E-state index contributed by atoms with van der Waals surface area (Å²) in [6.07, 6.45) is 3.97. The fraction of sp³-hybridized carbons (Fsp3) is 0.316. The Labute approximate surface area is 141 Å². The summed E-state index contributed by atoms with van der Waals surface area (Å²) >= 11 is 5.85. The van der Waals surface area contributed by atoms with Crippen LogP contribution in [0.5, 0.6) is 5.75 Å². The lowest BCUT2D eigenvalue weighted by Crippen LogP contribution is -2.30. The molecule has 23 heavy (non-hydrogen) atoms. The number of carbonyl (C=O) groups is 1. The number of anilines is 1. The summed E-state index contributed by atoms with van der Waals surface area (Å²) in [6, 6.07) is 13.2. The van der Waals surface area contributed by atoms with Gasteiger partial charge in [-0.3, -0.25) is 4.79 Å². The third-order valence-corrected chi connectivity index (χ3v) is 4.39. The number of benzene rings is 2. The molecule has 0 saturated heterocycles. The maximum atomic E-state index is 12.3. The Balaban J connectivity index is 1.68. The van der Waals surface area contributed by atoms with E-state index in [1.165, 1.54) is 24.0 Å². The number of rotatable bonds is 4. The molecule has 4 heteroatoms. The lowest BCUT2D eigenvalue weighted by molar-refractivity contribution is -0.122. The van der Waals surface area contributed by atoms with Gasteiger partial charge in [-0.15, -0.1) is 0 Å². The van der Waals surface area contributed by atoms with Crippen LogP contribution in [0.25, 0.3) is 0 Å². The Morgan fingerprint density at radius 1 is 1.13 bits per heavy atom. The third kappa shape index (κ3) is 3.85. The highest BCUT2D eigenvalue weighted by atomic mass is 35.5. The topological polar surface area (TPSA) is 38.3 Å². The standard InChI is InChI=1S/C19H20ClNO2/c1-13(19(22)21-16-11-9-15(20)10-12-16)23-18-8-4-6-14-5-2-3-7-17(14)18/h4,6,8-13H,2-3,5,7H2,1H3,(H,21,22). The van der Waals surface area contributed by atoms with Gasteiger partial charge in [-0.2, -0.15) is 0 Å². The summed E-state index contributed by atoms with van der Waals surface area (Å²) in [4.78, 5) is 12.3. The van der Waals surface area contributed by atoms with Crippen molar-refractivity contribution in [3.63, 3.8) is 0 Å². The van der Waals surface area contributed by atoms with Crippen LogP contribution in [-0.4, -0.2) is 12.0 Å². The molecule has 3 nitrogen and oxygen atoms in total. The van der Waals surface area contributed by atoms with E-state index in [4.69, 9.17) is 16.3 Å². The van der Waals surface area contributed by atoms with Gasteiger partial charge in [-0.25, -0.2) is 0 Å². The van der Waals surface area contributed by atoms with Crippen LogP contribution >= 0.6 is 11.6 Å². The first-order chi connectivity index (χ1) is 11.1. The zero-order chi connectivity index (χ0) is 16.2. The minimum Gasteiger partial charge on any atom is -0.481 e. The van der Waals surface area contributed by atoms with Gasteiger partial charge in [0.1, 0.15) is 5.75 Å². The SMILES string of the molecule is CC(Oc1cccc2c1CCCC2)C(=O)Nc1ccc(Cl)cc1. The molecule has 1 N–H and O–H groups in total. The first-order valence-corrected chi connectivity index (χ1v) is 8.35. The molecule has 1 amide bonds. The first-order valence-electron chi connectivity index (χ1n) is 7.97. The first kappa shape index (κ1) is 15.9. The van der Waals surface area contributed by atoms with Gasteiger partial charge in [0.05, 0.1) is 0 Å². The Morgan fingerprint density at radius 3 is 2.65 bits per heavy atom. The molecule has 120 valence electrons. The van der Waals surface area contributed by atoms with E-state index in [0.29, 0.717) is 10.7 Å². The molecule has 0 saturated carbocycles. The number of ether oxygens (including phenoxy) is 1. The average molecular weight is 330 g/mol. The van der Waals surface area contributed by atoms with Gasteiger partial charge in [-0.1, -0.05) is 23.7 Å². The van der Waals surface area contributed by atoms with Crippen molar-refractivity contribution in [3.8, 4) is 5.75 Å². The van der Waals surface area contributed by atoms with Crippen LogP contribution in [0.2, 0.25) is 5.02 Å². The molecule has 0 bridgehead atoms. The van der Waals surface area contributed by atoms with E-state index in [-0.39, 0.29) is 5.91 Å². The predicted molar refractivity (Wildman–Crippen MR) is 93.3 cm³/mol.